The molecule has 0 aromatic heterocycles. The number of benzene rings is 1. The maximum absolute atomic E-state index is 9.12. The quantitative estimate of drug-likeness (QED) is 0.675. The average Bonchev–Trinajstić information content (AvgIpc) is 2.96. The van der Waals surface area contributed by atoms with Crippen molar-refractivity contribution in [3.8, 4) is 6.07 Å². The summed E-state index contributed by atoms with van der Waals surface area (Å²) in [6.45, 7) is 0. The van der Waals surface area contributed by atoms with Crippen LogP contribution < -0.4 is 10.6 Å². The van der Waals surface area contributed by atoms with E-state index in [-0.39, 0.29) is 6.29 Å². The van der Waals surface area contributed by atoms with Gasteiger partial charge < -0.3 is 16.0 Å². The number of nitrogens with one attached hydrogen (secondary N) is 3. The molecule has 5 heteroatoms. The highest BCUT2D eigenvalue weighted by atomic mass is 15.5. The third-order valence-corrected chi connectivity index (χ3v) is 2.98. The van der Waals surface area contributed by atoms with Gasteiger partial charge in [-0.25, -0.2) is 0 Å². The van der Waals surface area contributed by atoms with Gasteiger partial charge in [-0.05, 0) is 5.56 Å². The standard InChI is InChI=1S/C13H11N5/c14-6-10-12(7-15)18-8-11(17-13(18)16-10)9-4-2-1-3-5-9/h1-6,8,13-14,16-17H. The molecular weight excluding hydrogens is 226 g/mol. The minimum Gasteiger partial charge on any atom is -0.346 e. The zero-order chi connectivity index (χ0) is 12.5. The number of nitrogens with zero attached hydrogens (tertiary/aromatic N) is 2. The van der Waals surface area contributed by atoms with Crippen LogP contribution in [-0.2, 0) is 0 Å². The first-order chi connectivity index (χ1) is 8.83. The third kappa shape index (κ3) is 1.44. The first-order valence-electron chi connectivity index (χ1n) is 5.57. The summed E-state index contributed by atoms with van der Waals surface area (Å²) in [5, 5.41) is 22.7. The molecule has 2 heterocycles. The molecule has 1 unspecified atom stereocenters. The summed E-state index contributed by atoms with van der Waals surface area (Å²) >= 11 is 0. The summed E-state index contributed by atoms with van der Waals surface area (Å²) in [6, 6.07) is 12.0. The number of hydrogen-bond donors (Lipinski definition) is 3. The number of fused-ring (bicyclic) bond motifs is 1. The van der Waals surface area contributed by atoms with Crippen LogP contribution in [0.4, 0.5) is 0 Å². The molecule has 1 aromatic rings. The fourth-order valence-corrected chi connectivity index (χ4v) is 2.13. The number of hydrogen-bond acceptors (Lipinski definition) is 5. The molecule has 0 saturated heterocycles. The molecule has 88 valence electrons. The van der Waals surface area contributed by atoms with Crippen molar-refractivity contribution in [2.75, 3.05) is 0 Å². The zero-order valence-electron chi connectivity index (χ0n) is 9.51. The number of rotatable bonds is 2. The summed E-state index contributed by atoms with van der Waals surface area (Å²) in [5.41, 5.74) is 3.04. The van der Waals surface area contributed by atoms with Gasteiger partial charge in [-0.2, -0.15) is 5.26 Å². The van der Waals surface area contributed by atoms with E-state index in [9.17, 15) is 0 Å². The Morgan fingerprint density at radius 1 is 1.28 bits per heavy atom. The Balaban J connectivity index is 1.96. The van der Waals surface area contributed by atoms with Crippen molar-refractivity contribution in [1.29, 1.82) is 10.7 Å². The predicted molar refractivity (Wildman–Crippen MR) is 67.7 cm³/mol. The van der Waals surface area contributed by atoms with Crippen molar-refractivity contribution in [2.24, 2.45) is 0 Å². The van der Waals surface area contributed by atoms with Crippen molar-refractivity contribution in [1.82, 2.24) is 15.5 Å². The molecule has 3 N–H and O–H groups in total. The molecule has 0 aliphatic carbocycles. The van der Waals surface area contributed by atoms with Gasteiger partial charge in [0.1, 0.15) is 11.8 Å². The molecule has 18 heavy (non-hydrogen) atoms. The monoisotopic (exact) mass is 237 g/mol. The van der Waals surface area contributed by atoms with Crippen molar-refractivity contribution >= 4 is 11.9 Å². The molecule has 1 atom stereocenters. The van der Waals surface area contributed by atoms with E-state index in [1.807, 2.05) is 41.4 Å². The van der Waals surface area contributed by atoms with Gasteiger partial charge in [-0.3, -0.25) is 4.90 Å². The Morgan fingerprint density at radius 3 is 2.72 bits per heavy atom. The van der Waals surface area contributed by atoms with Crippen molar-refractivity contribution < 1.29 is 0 Å². The van der Waals surface area contributed by atoms with Gasteiger partial charge in [0.2, 0.25) is 0 Å². The van der Waals surface area contributed by atoms with E-state index in [1.54, 1.807) is 0 Å². The molecule has 0 bridgehead atoms. The molecule has 0 saturated carbocycles. The topological polar surface area (TPSA) is 74.9 Å². The number of nitriles is 1. The van der Waals surface area contributed by atoms with Crippen LogP contribution in [0, 0.1) is 16.7 Å². The summed E-state index contributed by atoms with van der Waals surface area (Å²) in [5.74, 6) is 0. The van der Waals surface area contributed by atoms with Gasteiger partial charge in [0.25, 0.3) is 0 Å². The van der Waals surface area contributed by atoms with E-state index >= 15 is 0 Å². The van der Waals surface area contributed by atoms with Crippen LogP contribution in [0.15, 0.2) is 47.9 Å². The highest BCUT2D eigenvalue weighted by Crippen LogP contribution is 2.27. The molecule has 1 aromatic carbocycles. The van der Waals surface area contributed by atoms with Crippen LogP contribution in [0.1, 0.15) is 5.56 Å². The maximum atomic E-state index is 9.12. The van der Waals surface area contributed by atoms with Crippen LogP contribution in [0.3, 0.4) is 0 Å². The van der Waals surface area contributed by atoms with Crippen molar-refractivity contribution in [3.05, 3.63) is 53.5 Å². The van der Waals surface area contributed by atoms with E-state index in [1.165, 1.54) is 0 Å². The van der Waals surface area contributed by atoms with E-state index in [0.717, 1.165) is 17.5 Å². The summed E-state index contributed by atoms with van der Waals surface area (Å²) in [4.78, 5) is 1.81. The molecule has 5 nitrogen and oxygen atoms in total. The van der Waals surface area contributed by atoms with Gasteiger partial charge in [-0.15, -0.1) is 0 Å². The third-order valence-electron chi connectivity index (χ3n) is 2.98. The maximum Gasteiger partial charge on any atom is 0.181 e. The van der Waals surface area contributed by atoms with Crippen LogP contribution in [0.5, 0.6) is 0 Å². The van der Waals surface area contributed by atoms with Crippen LogP contribution in [-0.4, -0.2) is 17.4 Å². The smallest absolute Gasteiger partial charge is 0.181 e. The first kappa shape index (κ1) is 10.4. The van der Waals surface area contributed by atoms with Gasteiger partial charge in [0.15, 0.2) is 6.29 Å². The summed E-state index contributed by atoms with van der Waals surface area (Å²) in [7, 11) is 0. The second kappa shape index (κ2) is 3.93. The molecule has 2 aliphatic heterocycles. The fraction of sp³-hybridized carbons (Fsp3) is 0.0769. The Bertz CT molecular complexity index is 594. The molecule has 3 rings (SSSR count). The summed E-state index contributed by atoms with van der Waals surface area (Å²) in [6.07, 6.45) is 2.88. The normalized spacial score (nSPS) is 20.7. The van der Waals surface area contributed by atoms with Gasteiger partial charge in [0, 0.05) is 12.4 Å². The lowest BCUT2D eigenvalue weighted by Gasteiger charge is -2.16. The SMILES string of the molecule is N#CC1=C(C=N)NC2NC(c3ccccc3)=CN12. The van der Waals surface area contributed by atoms with Gasteiger partial charge >= 0.3 is 0 Å². The highest BCUT2D eigenvalue weighted by Gasteiger charge is 2.34. The molecule has 0 spiro atoms. The molecular formula is C13H11N5. The van der Waals surface area contributed by atoms with Crippen LogP contribution >= 0.6 is 0 Å². The van der Waals surface area contributed by atoms with Gasteiger partial charge in [-0.1, -0.05) is 30.3 Å². The second-order valence-electron chi connectivity index (χ2n) is 4.03. The van der Waals surface area contributed by atoms with Crippen LogP contribution in [0.25, 0.3) is 5.70 Å². The Kier molecular flexibility index (Phi) is 2.27. The second-order valence-corrected chi connectivity index (χ2v) is 4.03. The average molecular weight is 237 g/mol. The Labute approximate surface area is 105 Å². The van der Waals surface area contributed by atoms with Gasteiger partial charge in [0.05, 0.1) is 11.4 Å². The Hall–Kier alpha value is -2.74. The largest absolute Gasteiger partial charge is 0.346 e. The van der Waals surface area contributed by atoms with E-state index in [4.69, 9.17) is 10.7 Å². The molecule has 0 fully saturated rings. The molecule has 2 aliphatic rings. The van der Waals surface area contributed by atoms with Crippen molar-refractivity contribution in [2.45, 2.75) is 6.29 Å². The zero-order valence-corrected chi connectivity index (χ0v) is 9.51. The molecule has 0 amide bonds. The summed E-state index contributed by atoms with van der Waals surface area (Å²) < 4.78 is 0. The van der Waals surface area contributed by atoms with E-state index in [0.29, 0.717) is 11.4 Å². The lowest BCUT2D eigenvalue weighted by Crippen LogP contribution is -2.40. The fourth-order valence-electron chi connectivity index (χ4n) is 2.13. The highest BCUT2D eigenvalue weighted by molar-refractivity contribution is 5.79. The minimum absolute atomic E-state index is 0.175. The minimum atomic E-state index is -0.175. The molecule has 0 radical (unpaired) electrons. The van der Waals surface area contributed by atoms with Crippen LogP contribution in [0.2, 0.25) is 0 Å². The first-order valence-corrected chi connectivity index (χ1v) is 5.57. The van der Waals surface area contributed by atoms with E-state index in [2.05, 4.69) is 16.7 Å². The number of allylic oxidation sites excluding steroid dienone is 2. The van der Waals surface area contributed by atoms with E-state index < -0.39 is 0 Å². The van der Waals surface area contributed by atoms with Crippen molar-refractivity contribution in [3.63, 3.8) is 0 Å². The lowest BCUT2D eigenvalue weighted by molar-refractivity contribution is 0.354. The Morgan fingerprint density at radius 2 is 2.06 bits per heavy atom. The lowest BCUT2D eigenvalue weighted by atomic mass is 10.2. The predicted octanol–water partition coefficient (Wildman–Crippen LogP) is 1.16.